The maximum absolute atomic E-state index is 12.7. The lowest BCUT2D eigenvalue weighted by atomic mass is 10.1. The molecule has 0 radical (unpaired) electrons. The highest BCUT2D eigenvalue weighted by Gasteiger charge is 2.30. The Morgan fingerprint density at radius 1 is 1.11 bits per heavy atom. The largest absolute Gasteiger partial charge is 0.411 e. The highest BCUT2D eigenvalue weighted by molar-refractivity contribution is 8.00. The van der Waals surface area contributed by atoms with Gasteiger partial charge in [0.25, 0.3) is 5.22 Å². The van der Waals surface area contributed by atoms with Crippen molar-refractivity contribution < 1.29 is 9.21 Å². The van der Waals surface area contributed by atoms with E-state index in [-0.39, 0.29) is 5.91 Å². The van der Waals surface area contributed by atoms with Gasteiger partial charge in [-0.2, -0.15) is 0 Å². The first kappa shape index (κ1) is 17.8. The van der Waals surface area contributed by atoms with Gasteiger partial charge in [-0.3, -0.25) is 4.79 Å². The Bertz CT molecular complexity index is 951. The summed E-state index contributed by atoms with van der Waals surface area (Å²) in [5.74, 6) is 0.453. The molecule has 1 atom stereocenters. The van der Waals surface area contributed by atoms with Crippen LogP contribution in [-0.4, -0.2) is 22.1 Å². The van der Waals surface area contributed by atoms with Crippen LogP contribution in [0, 0.1) is 13.8 Å². The molecule has 2 aromatic carbocycles. The molecule has 1 amide bonds. The molecule has 138 valence electrons. The van der Waals surface area contributed by atoms with Crippen molar-refractivity contribution in [1.29, 1.82) is 0 Å². The van der Waals surface area contributed by atoms with Crippen LogP contribution in [-0.2, 0) is 4.79 Å². The zero-order valence-electron chi connectivity index (χ0n) is 15.3. The lowest BCUT2D eigenvalue weighted by molar-refractivity contribution is -0.120. The molecule has 27 heavy (non-hydrogen) atoms. The summed E-state index contributed by atoms with van der Waals surface area (Å²) >= 11 is 1.29. The number of aryl methyl sites for hydroxylation is 2. The van der Waals surface area contributed by atoms with Gasteiger partial charge in [0.15, 0.2) is 0 Å². The van der Waals surface area contributed by atoms with Gasteiger partial charge >= 0.3 is 0 Å². The summed E-state index contributed by atoms with van der Waals surface area (Å²) in [5, 5.41) is 11.4. The van der Waals surface area contributed by atoms with Crippen molar-refractivity contribution in [3.63, 3.8) is 0 Å². The zero-order chi connectivity index (χ0) is 18.8. The molecule has 1 N–H and O–H groups in total. The zero-order valence-corrected chi connectivity index (χ0v) is 16.1. The number of benzene rings is 2. The number of nitrogens with one attached hydrogen (secondary N) is 1. The van der Waals surface area contributed by atoms with Crippen molar-refractivity contribution in [2.75, 3.05) is 0 Å². The van der Waals surface area contributed by atoms with Crippen LogP contribution in [0.1, 0.15) is 34.8 Å². The molecule has 1 saturated carbocycles. The summed E-state index contributed by atoms with van der Waals surface area (Å²) in [6.07, 6.45) is 2.10. The van der Waals surface area contributed by atoms with Gasteiger partial charge < -0.3 is 9.73 Å². The predicted molar refractivity (Wildman–Crippen MR) is 105 cm³/mol. The Labute approximate surface area is 162 Å². The van der Waals surface area contributed by atoms with Crippen LogP contribution in [0.3, 0.4) is 0 Å². The average molecular weight is 379 g/mol. The van der Waals surface area contributed by atoms with Crippen LogP contribution in [0.4, 0.5) is 0 Å². The van der Waals surface area contributed by atoms with E-state index in [1.807, 2.05) is 48.5 Å². The smallest absolute Gasteiger partial charge is 0.277 e. The Kier molecular flexibility index (Phi) is 4.99. The molecule has 1 aromatic heterocycles. The highest BCUT2D eigenvalue weighted by atomic mass is 32.2. The Morgan fingerprint density at radius 2 is 1.89 bits per heavy atom. The summed E-state index contributed by atoms with van der Waals surface area (Å²) in [6, 6.07) is 16.0. The van der Waals surface area contributed by atoms with Crippen molar-refractivity contribution in [2.45, 2.75) is 43.2 Å². The maximum atomic E-state index is 12.7. The van der Waals surface area contributed by atoms with Gasteiger partial charge in [0.2, 0.25) is 11.8 Å². The maximum Gasteiger partial charge on any atom is 0.277 e. The number of hydrogen-bond acceptors (Lipinski definition) is 5. The molecule has 1 aliphatic rings. The SMILES string of the molecule is Cc1ccc(-c2nnc(S[C@H](C(=O)NC3CC3)c3ccccc3)o2)cc1C. The van der Waals surface area contributed by atoms with Crippen LogP contribution in [0.15, 0.2) is 58.2 Å². The van der Waals surface area contributed by atoms with Crippen molar-refractivity contribution in [3.05, 3.63) is 65.2 Å². The number of carbonyl (C=O) groups is 1. The van der Waals surface area contributed by atoms with Crippen molar-refractivity contribution in [3.8, 4) is 11.5 Å². The van der Waals surface area contributed by atoms with Crippen molar-refractivity contribution in [1.82, 2.24) is 15.5 Å². The standard InChI is InChI=1S/C21H21N3O2S/c1-13-8-9-16(12-14(13)2)20-23-24-21(26-20)27-18(15-6-4-3-5-7-15)19(25)22-17-10-11-17/h3-9,12,17-18H,10-11H2,1-2H3,(H,22,25)/t18-/m0/s1. The molecule has 4 rings (SSSR count). The Hall–Kier alpha value is -2.60. The lowest BCUT2D eigenvalue weighted by Crippen LogP contribution is -2.29. The number of carbonyl (C=O) groups excluding carboxylic acids is 1. The van der Waals surface area contributed by atoms with E-state index in [0.717, 1.165) is 24.0 Å². The summed E-state index contributed by atoms with van der Waals surface area (Å²) in [6.45, 7) is 4.12. The van der Waals surface area contributed by atoms with E-state index in [2.05, 4.69) is 29.4 Å². The van der Waals surface area contributed by atoms with Gasteiger partial charge in [0.1, 0.15) is 5.25 Å². The Balaban J connectivity index is 1.56. The first-order valence-electron chi connectivity index (χ1n) is 9.03. The first-order valence-corrected chi connectivity index (χ1v) is 9.91. The molecule has 0 spiro atoms. The Morgan fingerprint density at radius 3 is 2.59 bits per heavy atom. The van der Waals surface area contributed by atoms with E-state index >= 15 is 0 Å². The van der Waals surface area contributed by atoms with Gasteiger partial charge in [0.05, 0.1) is 0 Å². The van der Waals surface area contributed by atoms with Crippen molar-refractivity contribution in [2.24, 2.45) is 0 Å². The topological polar surface area (TPSA) is 68.0 Å². The summed E-state index contributed by atoms with van der Waals surface area (Å²) in [5.41, 5.74) is 4.20. The third-order valence-corrected chi connectivity index (χ3v) is 5.73. The van der Waals surface area contributed by atoms with E-state index in [1.165, 1.54) is 22.9 Å². The fourth-order valence-corrected chi connectivity index (χ4v) is 3.64. The molecule has 0 aliphatic heterocycles. The third kappa shape index (κ3) is 4.22. The average Bonchev–Trinajstić information content (AvgIpc) is 3.36. The van der Waals surface area contributed by atoms with E-state index in [1.54, 1.807) is 0 Å². The molecular formula is C21H21N3O2S. The van der Waals surface area contributed by atoms with Gasteiger partial charge in [-0.05, 0) is 67.3 Å². The predicted octanol–water partition coefficient (Wildman–Crippen LogP) is 4.47. The van der Waals surface area contributed by atoms with Crippen LogP contribution in [0.5, 0.6) is 0 Å². The third-order valence-electron chi connectivity index (χ3n) is 4.64. The van der Waals surface area contributed by atoms with Crippen LogP contribution in [0.25, 0.3) is 11.5 Å². The minimum absolute atomic E-state index is 0.0142. The highest BCUT2D eigenvalue weighted by Crippen LogP contribution is 2.36. The fourth-order valence-electron chi connectivity index (χ4n) is 2.75. The van der Waals surface area contributed by atoms with Crippen LogP contribution >= 0.6 is 11.8 Å². The normalized spacial score (nSPS) is 14.7. The molecule has 3 aromatic rings. The number of amides is 1. The van der Waals surface area contributed by atoms with Gasteiger partial charge in [-0.25, -0.2) is 0 Å². The molecular weight excluding hydrogens is 358 g/mol. The molecule has 1 fully saturated rings. The number of thioether (sulfide) groups is 1. The fraction of sp³-hybridized carbons (Fsp3) is 0.286. The van der Waals surface area contributed by atoms with Gasteiger partial charge in [-0.1, -0.05) is 36.4 Å². The van der Waals surface area contributed by atoms with Crippen LogP contribution in [0.2, 0.25) is 0 Å². The second kappa shape index (κ2) is 7.56. The first-order chi connectivity index (χ1) is 13.1. The lowest BCUT2D eigenvalue weighted by Gasteiger charge is -2.14. The minimum Gasteiger partial charge on any atom is -0.411 e. The number of nitrogens with zero attached hydrogens (tertiary/aromatic N) is 2. The van der Waals surface area contributed by atoms with Crippen LogP contribution < -0.4 is 5.32 Å². The summed E-state index contributed by atoms with van der Waals surface area (Å²) in [7, 11) is 0. The minimum atomic E-state index is -0.417. The molecule has 0 saturated heterocycles. The summed E-state index contributed by atoms with van der Waals surface area (Å²) < 4.78 is 5.85. The monoisotopic (exact) mass is 379 g/mol. The molecule has 5 nitrogen and oxygen atoms in total. The molecule has 0 bridgehead atoms. The number of rotatable bonds is 6. The molecule has 1 heterocycles. The van der Waals surface area contributed by atoms with E-state index in [4.69, 9.17) is 4.42 Å². The number of aromatic nitrogens is 2. The summed E-state index contributed by atoms with van der Waals surface area (Å²) in [4.78, 5) is 12.7. The molecule has 0 unspecified atom stereocenters. The van der Waals surface area contributed by atoms with Gasteiger partial charge in [0, 0.05) is 11.6 Å². The molecule has 1 aliphatic carbocycles. The van der Waals surface area contributed by atoms with Gasteiger partial charge in [-0.15, -0.1) is 10.2 Å². The van der Waals surface area contributed by atoms with E-state index < -0.39 is 5.25 Å². The second-order valence-electron chi connectivity index (χ2n) is 6.86. The number of hydrogen-bond donors (Lipinski definition) is 1. The van der Waals surface area contributed by atoms with E-state index in [0.29, 0.717) is 17.2 Å². The van der Waals surface area contributed by atoms with E-state index in [9.17, 15) is 4.79 Å². The van der Waals surface area contributed by atoms with Crippen molar-refractivity contribution >= 4 is 17.7 Å². The second-order valence-corrected chi connectivity index (χ2v) is 7.92. The quantitative estimate of drug-likeness (QED) is 0.640. The molecule has 6 heteroatoms.